The van der Waals surface area contributed by atoms with Crippen LogP contribution in [-0.4, -0.2) is 24.1 Å². The molecule has 0 aromatic heterocycles. The van der Waals surface area contributed by atoms with Crippen molar-refractivity contribution in [3.05, 3.63) is 23.8 Å². The van der Waals surface area contributed by atoms with E-state index in [1.165, 1.54) is 0 Å². The highest BCUT2D eigenvalue weighted by molar-refractivity contribution is 6.11. The minimum atomic E-state index is 0.574. The molecule has 4 heteroatoms. The van der Waals surface area contributed by atoms with Gasteiger partial charge in [-0.15, -0.1) is 0 Å². The van der Waals surface area contributed by atoms with Crippen molar-refractivity contribution in [2.24, 2.45) is 5.16 Å². The molecular formula is C12H16N2O2. The zero-order chi connectivity index (χ0) is 11.4. The largest absolute Gasteiger partial charge is 0.494 e. The van der Waals surface area contributed by atoms with E-state index in [9.17, 15) is 0 Å². The Bertz CT molecular complexity index is 402. The molecule has 1 heterocycles. The van der Waals surface area contributed by atoms with E-state index in [4.69, 9.17) is 9.94 Å². The molecule has 0 radical (unpaired) electrons. The van der Waals surface area contributed by atoms with Gasteiger partial charge < -0.3 is 15.3 Å². The van der Waals surface area contributed by atoms with Gasteiger partial charge in [-0.1, -0.05) is 18.5 Å². The van der Waals surface area contributed by atoms with Gasteiger partial charge >= 0.3 is 0 Å². The third kappa shape index (κ3) is 2.10. The Balaban J connectivity index is 2.09. The summed E-state index contributed by atoms with van der Waals surface area (Å²) in [5, 5.41) is 15.2. The second kappa shape index (κ2) is 4.88. The minimum Gasteiger partial charge on any atom is -0.494 e. The van der Waals surface area contributed by atoms with Crippen molar-refractivity contribution in [3.63, 3.8) is 0 Å². The van der Waals surface area contributed by atoms with Crippen molar-refractivity contribution < 1.29 is 9.94 Å². The van der Waals surface area contributed by atoms with E-state index in [0.717, 1.165) is 36.4 Å². The molecule has 0 atom stereocenters. The molecule has 0 fully saturated rings. The lowest BCUT2D eigenvalue weighted by Gasteiger charge is -2.06. The lowest BCUT2D eigenvalue weighted by molar-refractivity contribution is 0.309. The van der Waals surface area contributed by atoms with Crippen LogP contribution in [0, 0.1) is 0 Å². The fourth-order valence-corrected chi connectivity index (χ4v) is 1.71. The zero-order valence-corrected chi connectivity index (χ0v) is 9.36. The Hall–Kier alpha value is -1.71. The maximum absolute atomic E-state index is 8.77. The van der Waals surface area contributed by atoms with Gasteiger partial charge in [-0.3, -0.25) is 0 Å². The molecule has 16 heavy (non-hydrogen) atoms. The van der Waals surface area contributed by atoms with Gasteiger partial charge in [0.25, 0.3) is 0 Å². The van der Waals surface area contributed by atoms with Crippen LogP contribution < -0.4 is 10.1 Å². The third-order valence-electron chi connectivity index (χ3n) is 2.64. The lowest BCUT2D eigenvalue weighted by atomic mass is 10.1. The predicted octanol–water partition coefficient (Wildman–Crippen LogP) is 2.47. The zero-order valence-electron chi connectivity index (χ0n) is 9.36. The van der Waals surface area contributed by atoms with E-state index in [0.29, 0.717) is 12.3 Å². The SMILES string of the molecule is CCCCOc1ccc2c(c1)NCC2=NO. The van der Waals surface area contributed by atoms with Gasteiger partial charge in [0.15, 0.2) is 0 Å². The Morgan fingerprint density at radius 1 is 1.50 bits per heavy atom. The molecule has 1 aliphatic rings. The molecule has 0 unspecified atom stereocenters. The smallest absolute Gasteiger partial charge is 0.121 e. The van der Waals surface area contributed by atoms with Crippen LogP contribution in [0.1, 0.15) is 25.3 Å². The Morgan fingerprint density at radius 3 is 3.12 bits per heavy atom. The Labute approximate surface area is 94.9 Å². The number of oxime groups is 1. The quantitative estimate of drug-likeness (QED) is 0.465. The molecule has 0 spiro atoms. The number of rotatable bonds is 4. The molecule has 2 N–H and O–H groups in total. The number of nitrogens with zero attached hydrogens (tertiary/aromatic N) is 1. The maximum atomic E-state index is 8.77. The minimum absolute atomic E-state index is 0.574. The average molecular weight is 220 g/mol. The van der Waals surface area contributed by atoms with Crippen LogP contribution in [0.4, 0.5) is 5.69 Å². The van der Waals surface area contributed by atoms with Crippen LogP contribution >= 0.6 is 0 Å². The van der Waals surface area contributed by atoms with Gasteiger partial charge in [0.05, 0.1) is 13.2 Å². The van der Waals surface area contributed by atoms with Crippen LogP contribution in [0.5, 0.6) is 5.75 Å². The van der Waals surface area contributed by atoms with Gasteiger partial charge in [-0.05, 0) is 18.6 Å². The molecule has 2 rings (SSSR count). The maximum Gasteiger partial charge on any atom is 0.121 e. The number of fused-ring (bicyclic) bond motifs is 1. The van der Waals surface area contributed by atoms with Crippen molar-refractivity contribution in [3.8, 4) is 5.75 Å². The molecule has 0 saturated heterocycles. The highest BCUT2D eigenvalue weighted by atomic mass is 16.5. The molecule has 1 aromatic rings. The molecule has 86 valence electrons. The van der Waals surface area contributed by atoms with E-state index in [1.54, 1.807) is 0 Å². The fraction of sp³-hybridized carbons (Fsp3) is 0.417. The van der Waals surface area contributed by atoms with Crippen LogP contribution in [0.3, 0.4) is 0 Å². The van der Waals surface area contributed by atoms with Gasteiger partial charge in [-0.25, -0.2) is 0 Å². The van der Waals surface area contributed by atoms with Gasteiger partial charge in [0.1, 0.15) is 11.5 Å². The summed E-state index contributed by atoms with van der Waals surface area (Å²) in [5.41, 5.74) is 2.60. The van der Waals surface area contributed by atoms with Crippen molar-refractivity contribution in [1.82, 2.24) is 0 Å². The van der Waals surface area contributed by atoms with Crippen molar-refractivity contribution in [1.29, 1.82) is 0 Å². The van der Waals surface area contributed by atoms with Crippen molar-refractivity contribution in [2.75, 3.05) is 18.5 Å². The van der Waals surface area contributed by atoms with Gasteiger partial charge in [-0.2, -0.15) is 0 Å². The summed E-state index contributed by atoms with van der Waals surface area (Å²) in [6, 6.07) is 5.78. The number of ether oxygens (including phenoxy) is 1. The Kier molecular flexibility index (Phi) is 3.29. The summed E-state index contributed by atoms with van der Waals surface area (Å²) in [5.74, 6) is 0.860. The normalized spacial score (nSPS) is 15.9. The summed E-state index contributed by atoms with van der Waals surface area (Å²) in [4.78, 5) is 0. The Morgan fingerprint density at radius 2 is 2.38 bits per heavy atom. The molecule has 4 nitrogen and oxygen atoms in total. The number of nitrogens with one attached hydrogen (secondary N) is 1. The molecule has 0 bridgehead atoms. The van der Waals surface area contributed by atoms with E-state index in [2.05, 4.69) is 17.4 Å². The first-order valence-electron chi connectivity index (χ1n) is 5.57. The monoisotopic (exact) mass is 220 g/mol. The summed E-state index contributed by atoms with van der Waals surface area (Å²) >= 11 is 0. The van der Waals surface area contributed by atoms with E-state index < -0.39 is 0 Å². The van der Waals surface area contributed by atoms with Gasteiger partial charge in [0.2, 0.25) is 0 Å². The topological polar surface area (TPSA) is 53.8 Å². The van der Waals surface area contributed by atoms with Crippen LogP contribution in [0.25, 0.3) is 0 Å². The standard InChI is InChI=1S/C12H16N2O2/c1-2-3-6-16-9-4-5-10-11(7-9)13-8-12(10)14-15/h4-5,7,13,15H,2-3,6,8H2,1H3. The number of hydrogen-bond acceptors (Lipinski definition) is 4. The lowest BCUT2D eigenvalue weighted by Crippen LogP contribution is -2.02. The van der Waals surface area contributed by atoms with Crippen LogP contribution in [0.15, 0.2) is 23.4 Å². The second-order valence-electron chi connectivity index (χ2n) is 3.81. The third-order valence-corrected chi connectivity index (χ3v) is 2.64. The highest BCUT2D eigenvalue weighted by Gasteiger charge is 2.17. The van der Waals surface area contributed by atoms with Crippen molar-refractivity contribution >= 4 is 11.4 Å². The molecule has 1 aromatic carbocycles. The molecule has 1 aliphatic heterocycles. The first kappa shape index (κ1) is 10.8. The number of unbranched alkanes of at least 4 members (excludes halogenated alkanes) is 1. The van der Waals surface area contributed by atoms with E-state index >= 15 is 0 Å². The van der Waals surface area contributed by atoms with Crippen LogP contribution in [-0.2, 0) is 0 Å². The van der Waals surface area contributed by atoms with Gasteiger partial charge in [0, 0.05) is 17.3 Å². The first-order valence-corrected chi connectivity index (χ1v) is 5.57. The fourth-order valence-electron chi connectivity index (χ4n) is 1.71. The summed E-state index contributed by atoms with van der Waals surface area (Å²) in [7, 11) is 0. The summed E-state index contributed by atoms with van der Waals surface area (Å²) in [6.07, 6.45) is 2.19. The second-order valence-corrected chi connectivity index (χ2v) is 3.81. The predicted molar refractivity (Wildman–Crippen MR) is 63.7 cm³/mol. The van der Waals surface area contributed by atoms with Crippen molar-refractivity contribution in [2.45, 2.75) is 19.8 Å². The molecule has 0 amide bonds. The average Bonchev–Trinajstić information content (AvgIpc) is 2.71. The number of anilines is 1. The van der Waals surface area contributed by atoms with E-state index in [1.807, 2.05) is 18.2 Å². The highest BCUT2D eigenvalue weighted by Crippen LogP contribution is 2.27. The first-order chi connectivity index (χ1) is 7.85. The summed E-state index contributed by atoms with van der Waals surface area (Å²) in [6.45, 7) is 3.46. The van der Waals surface area contributed by atoms with E-state index in [-0.39, 0.29) is 0 Å². The summed E-state index contributed by atoms with van der Waals surface area (Å²) < 4.78 is 5.60. The van der Waals surface area contributed by atoms with Crippen LogP contribution in [0.2, 0.25) is 0 Å². The molecular weight excluding hydrogens is 204 g/mol. The number of hydrogen-bond donors (Lipinski definition) is 2. The molecule has 0 aliphatic carbocycles. The molecule has 0 saturated carbocycles. The number of benzene rings is 1.